The number of anilines is 3. The first kappa shape index (κ1) is 23.6. The molecule has 2 aliphatic rings. The minimum absolute atomic E-state index is 0.0390. The van der Waals surface area contributed by atoms with Gasteiger partial charge in [-0.1, -0.05) is 12.1 Å². The van der Waals surface area contributed by atoms with E-state index in [0.29, 0.717) is 56.3 Å². The van der Waals surface area contributed by atoms with Gasteiger partial charge in [0.15, 0.2) is 5.82 Å². The molecule has 3 amide bonds. The highest BCUT2D eigenvalue weighted by molar-refractivity contribution is 5.96. The number of hydrogen-bond donors (Lipinski definition) is 2. The maximum absolute atomic E-state index is 12.8. The van der Waals surface area contributed by atoms with Crippen LogP contribution in [0.25, 0.3) is 11.3 Å². The van der Waals surface area contributed by atoms with Crippen LogP contribution in [0.1, 0.15) is 15.9 Å². The van der Waals surface area contributed by atoms with E-state index < -0.39 is 0 Å². The van der Waals surface area contributed by atoms with Crippen molar-refractivity contribution in [1.29, 1.82) is 0 Å². The molecule has 0 radical (unpaired) electrons. The van der Waals surface area contributed by atoms with Crippen molar-refractivity contribution >= 4 is 29.1 Å². The van der Waals surface area contributed by atoms with Gasteiger partial charge in [-0.3, -0.25) is 14.5 Å². The van der Waals surface area contributed by atoms with Crippen molar-refractivity contribution < 1.29 is 14.3 Å². The van der Waals surface area contributed by atoms with Crippen molar-refractivity contribution in [1.82, 2.24) is 19.8 Å². The fourth-order valence-corrected chi connectivity index (χ4v) is 4.49. The van der Waals surface area contributed by atoms with Crippen molar-refractivity contribution in [3.8, 4) is 11.3 Å². The van der Waals surface area contributed by atoms with Gasteiger partial charge in [-0.05, 0) is 42.8 Å². The van der Waals surface area contributed by atoms with Crippen LogP contribution in [0.15, 0.2) is 53.5 Å². The zero-order chi connectivity index (χ0) is 25.2. The van der Waals surface area contributed by atoms with E-state index in [1.807, 2.05) is 25.1 Å². The van der Waals surface area contributed by atoms with Gasteiger partial charge in [-0.2, -0.15) is 0 Å². The molecule has 36 heavy (non-hydrogen) atoms. The van der Waals surface area contributed by atoms with E-state index in [1.54, 1.807) is 47.3 Å². The third kappa shape index (κ3) is 4.55. The number of carbonyl (C=O) groups excluding carboxylic acids is 2. The second-order valence-electron chi connectivity index (χ2n) is 8.83. The number of nitrogens with one attached hydrogen (secondary N) is 2. The van der Waals surface area contributed by atoms with Crippen LogP contribution in [0.4, 0.5) is 22.0 Å². The molecule has 186 valence electrons. The number of amides is 3. The number of benzene rings is 2. The number of hydrogen-bond acceptors (Lipinski definition) is 6. The average Bonchev–Trinajstić information content (AvgIpc) is 3.33. The van der Waals surface area contributed by atoms with E-state index in [0.717, 1.165) is 16.8 Å². The van der Waals surface area contributed by atoms with Crippen molar-refractivity contribution in [2.24, 2.45) is 7.05 Å². The molecule has 1 aromatic heterocycles. The molecule has 2 fully saturated rings. The number of nitrogens with zero attached hydrogens (tertiary/aromatic N) is 4. The first-order valence-electron chi connectivity index (χ1n) is 11.9. The van der Waals surface area contributed by atoms with E-state index in [4.69, 9.17) is 4.74 Å². The van der Waals surface area contributed by atoms with Crippen molar-refractivity contribution in [3.05, 3.63) is 70.1 Å². The molecule has 0 saturated carbocycles. The zero-order valence-electron chi connectivity index (χ0n) is 20.3. The number of rotatable bonds is 5. The minimum Gasteiger partial charge on any atom is -0.378 e. The Morgan fingerprint density at radius 2 is 1.81 bits per heavy atom. The van der Waals surface area contributed by atoms with Gasteiger partial charge in [-0.25, -0.2) is 9.78 Å². The first-order chi connectivity index (χ1) is 17.4. The minimum atomic E-state index is -0.278. The number of urea groups is 1. The summed E-state index contributed by atoms with van der Waals surface area (Å²) in [5.74, 6) is 0.133. The lowest BCUT2D eigenvalue weighted by Crippen LogP contribution is -2.40. The van der Waals surface area contributed by atoms with E-state index in [-0.39, 0.29) is 23.3 Å². The Morgan fingerprint density at radius 1 is 1.06 bits per heavy atom. The lowest BCUT2D eigenvalue weighted by atomic mass is 10.0. The number of ether oxygens (including phenoxy) is 1. The lowest BCUT2D eigenvalue weighted by Gasteiger charge is -2.26. The normalized spacial score (nSPS) is 15.7. The molecular formula is C26H28N6O4. The van der Waals surface area contributed by atoms with Crippen LogP contribution in [0, 0.1) is 6.92 Å². The molecular weight excluding hydrogens is 460 g/mol. The predicted octanol–water partition coefficient (Wildman–Crippen LogP) is 2.50. The third-order valence-electron chi connectivity index (χ3n) is 6.49. The monoisotopic (exact) mass is 488 g/mol. The summed E-state index contributed by atoms with van der Waals surface area (Å²) in [5.41, 5.74) is 4.10. The predicted molar refractivity (Wildman–Crippen MR) is 137 cm³/mol. The number of aromatic nitrogens is 2. The number of aryl methyl sites for hydroxylation is 1. The Balaban J connectivity index is 1.41. The highest BCUT2D eigenvalue weighted by atomic mass is 16.5. The smallest absolute Gasteiger partial charge is 0.322 e. The number of morpholine rings is 1. The zero-order valence-corrected chi connectivity index (χ0v) is 20.3. The fourth-order valence-electron chi connectivity index (χ4n) is 4.49. The van der Waals surface area contributed by atoms with E-state index in [1.165, 1.54) is 4.57 Å². The van der Waals surface area contributed by atoms with Crippen LogP contribution < -0.4 is 21.1 Å². The molecule has 10 nitrogen and oxygen atoms in total. The molecule has 2 aliphatic heterocycles. The molecule has 0 atom stereocenters. The van der Waals surface area contributed by atoms with Crippen LogP contribution in [0.3, 0.4) is 0 Å². The Hall–Kier alpha value is -4.18. The highest BCUT2D eigenvalue weighted by Gasteiger charge is 2.24. The molecule has 3 heterocycles. The van der Waals surface area contributed by atoms with Gasteiger partial charge < -0.3 is 24.8 Å². The summed E-state index contributed by atoms with van der Waals surface area (Å²) in [6.45, 7) is 5.39. The topological polar surface area (TPSA) is 109 Å². The molecule has 0 aliphatic carbocycles. The summed E-state index contributed by atoms with van der Waals surface area (Å²) >= 11 is 0. The summed E-state index contributed by atoms with van der Waals surface area (Å²) in [6, 6.07) is 12.6. The second kappa shape index (κ2) is 9.82. The van der Waals surface area contributed by atoms with Crippen LogP contribution in [-0.4, -0.2) is 65.8 Å². The SMILES string of the molecule is Cc1c(-c2cn(C)c(=O)c(Nc3ccc(C(=O)N4CCOCC4)cc3)n2)cccc1N1CCNC1=O. The summed E-state index contributed by atoms with van der Waals surface area (Å²) < 4.78 is 6.80. The van der Waals surface area contributed by atoms with Crippen molar-refractivity contribution in [3.63, 3.8) is 0 Å². The van der Waals surface area contributed by atoms with Crippen LogP contribution in [0.5, 0.6) is 0 Å². The Kier molecular flexibility index (Phi) is 6.43. The Bertz CT molecular complexity index is 1360. The maximum Gasteiger partial charge on any atom is 0.322 e. The average molecular weight is 489 g/mol. The van der Waals surface area contributed by atoms with Gasteiger partial charge in [0.1, 0.15) is 0 Å². The van der Waals surface area contributed by atoms with Gasteiger partial charge in [0.25, 0.3) is 11.5 Å². The van der Waals surface area contributed by atoms with E-state index in [2.05, 4.69) is 15.6 Å². The molecule has 5 rings (SSSR count). The van der Waals surface area contributed by atoms with Crippen molar-refractivity contribution in [2.75, 3.05) is 49.6 Å². The molecule has 10 heteroatoms. The van der Waals surface area contributed by atoms with Gasteiger partial charge in [-0.15, -0.1) is 0 Å². The molecule has 2 saturated heterocycles. The van der Waals surface area contributed by atoms with Gasteiger partial charge in [0, 0.05) is 61.9 Å². The number of carbonyl (C=O) groups is 2. The second-order valence-corrected chi connectivity index (χ2v) is 8.83. The van der Waals surface area contributed by atoms with E-state index in [9.17, 15) is 14.4 Å². The Morgan fingerprint density at radius 3 is 2.50 bits per heavy atom. The standard InChI is InChI=1S/C26H28N6O4/c1-17-20(4-3-5-22(17)32-11-10-27-26(32)35)21-16-30(2)25(34)23(29-21)28-19-8-6-18(7-9-19)24(33)31-12-14-36-15-13-31/h3-9,16H,10-15H2,1-2H3,(H,27,35)(H,28,29). The summed E-state index contributed by atoms with van der Waals surface area (Å²) in [5, 5.41) is 5.92. The molecule has 3 aromatic rings. The summed E-state index contributed by atoms with van der Waals surface area (Å²) in [4.78, 5) is 45.9. The quantitative estimate of drug-likeness (QED) is 0.571. The summed E-state index contributed by atoms with van der Waals surface area (Å²) in [7, 11) is 1.68. The van der Waals surface area contributed by atoms with Crippen molar-refractivity contribution in [2.45, 2.75) is 6.92 Å². The first-order valence-corrected chi connectivity index (χ1v) is 11.9. The Labute approximate surface area is 208 Å². The summed E-state index contributed by atoms with van der Waals surface area (Å²) in [6.07, 6.45) is 1.69. The molecule has 0 spiro atoms. The fraction of sp³-hybridized carbons (Fsp3) is 0.308. The maximum atomic E-state index is 12.8. The van der Waals surface area contributed by atoms with Crippen LogP contribution in [-0.2, 0) is 11.8 Å². The molecule has 0 bridgehead atoms. The third-order valence-corrected chi connectivity index (χ3v) is 6.49. The van der Waals surface area contributed by atoms with E-state index >= 15 is 0 Å². The van der Waals surface area contributed by atoms with Gasteiger partial charge >= 0.3 is 6.03 Å². The van der Waals surface area contributed by atoms with Crippen LogP contribution in [0.2, 0.25) is 0 Å². The van der Waals surface area contributed by atoms with Gasteiger partial charge in [0.2, 0.25) is 0 Å². The molecule has 0 unspecified atom stereocenters. The largest absolute Gasteiger partial charge is 0.378 e. The molecule has 2 aromatic carbocycles. The van der Waals surface area contributed by atoms with Crippen LogP contribution >= 0.6 is 0 Å². The molecule has 2 N–H and O–H groups in total. The van der Waals surface area contributed by atoms with Gasteiger partial charge in [0.05, 0.1) is 18.9 Å². The lowest BCUT2D eigenvalue weighted by molar-refractivity contribution is 0.0303. The highest BCUT2D eigenvalue weighted by Crippen LogP contribution is 2.31.